The second-order valence-electron chi connectivity index (χ2n) is 5.19. The lowest BCUT2D eigenvalue weighted by Crippen LogP contribution is -2.12. The van der Waals surface area contributed by atoms with Gasteiger partial charge in [0.25, 0.3) is 0 Å². The van der Waals surface area contributed by atoms with Crippen LogP contribution in [-0.4, -0.2) is 0 Å². The summed E-state index contributed by atoms with van der Waals surface area (Å²) in [4.78, 5) is 0. The van der Waals surface area contributed by atoms with Gasteiger partial charge >= 0.3 is 0 Å². The Labute approximate surface area is 95.5 Å². The van der Waals surface area contributed by atoms with Crippen molar-refractivity contribution in [2.75, 3.05) is 0 Å². The fourth-order valence-corrected chi connectivity index (χ4v) is 2.21. The maximum atomic E-state index is 2.43. The van der Waals surface area contributed by atoms with E-state index in [0.717, 1.165) is 5.92 Å². The molecular formula is C15H25+. The van der Waals surface area contributed by atoms with Crippen molar-refractivity contribution < 1.29 is 0 Å². The van der Waals surface area contributed by atoms with Gasteiger partial charge in [0.1, 0.15) is 5.92 Å². The first-order chi connectivity index (χ1) is 7.09. The minimum Gasteiger partial charge on any atom is -0.0816 e. The van der Waals surface area contributed by atoms with Crippen molar-refractivity contribution in [1.29, 1.82) is 0 Å². The van der Waals surface area contributed by atoms with Gasteiger partial charge in [-0.05, 0) is 33.6 Å². The van der Waals surface area contributed by atoms with Crippen molar-refractivity contribution in [3.05, 3.63) is 29.2 Å². The van der Waals surface area contributed by atoms with Gasteiger partial charge in [-0.15, -0.1) is 0 Å². The van der Waals surface area contributed by atoms with Crippen LogP contribution in [0.4, 0.5) is 0 Å². The Morgan fingerprint density at radius 1 is 1.53 bits per heavy atom. The normalized spacial score (nSPS) is 20.8. The molecule has 0 heteroatoms. The van der Waals surface area contributed by atoms with Gasteiger partial charge in [-0.1, -0.05) is 23.3 Å². The molecule has 0 aromatic heterocycles. The molecule has 0 bridgehead atoms. The summed E-state index contributed by atoms with van der Waals surface area (Å²) in [7, 11) is 0. The summed E-state index contributed by atoms with van der Waals surface area (Å²) < 4.78 is 0. The molecule has 0 aromatic carbocycles. The smallest absolute Gasteiger partial charge is 0.0816 e. The highest BCUT2D eigenvalue weighted by atomic mass is 14.2. The van der Waals surface area contributed by atoms with Gasteiger partial charge < -0.3 is 0 Å². The van der Waals surface area contributed by atoms with Gasteiger partial charge in [0.15, 0.2) is 0 Å². The van der Waals surface area contributed by atoms with Crippen LogP contribution in [-0.2, 0) is 0 Å². The topological polar surface area (TPSA) is 0 Å². The first-order valence-corrected chi connectivity index (χ1v) is 6.21. The summed E-state index contributed by atoms with van der Waals surface area (Å²) in [6, 6.07) is 0. The highest BCUT2D eigenvalue weighted by Crippen LogP contribution is 2.32. The maximum Gasteiger partial charge on any atom is 0.104 e. The quantitative estimate of drug-likeness (QED) is 0.444. The molecule has 0 fully saturated rings. The fraction of sp³-hybridized carbons (Fsp3) is 0.667. The Kier molecular flexibility index (Phi) is 5.01. The molecule has 0 heterocycles. The van der Waals surface area contributed by atoms with Crippen LogP contribution in [0, 0.1) is 11.8 Å². The first kappa shape index (κ1) is 12.4. The molecule has 15 heavy (non-hydrogen) atoms. The summed E-state index contributed by atoms with van der Waals surface area (Å²) in [5.41, 5.74) is 3.03. The van der Waals surface area contributed by atoms with Gasteiger partial charge in [0.05, 0.1) is 19.3 Å². The molecule has 1 rings (SSSR count). The van der Waals surface area contributed by atoms with E-state index in [1.165, 1.54) is 37.7 Å². The predicted octanol–water partition coefficient (Wildman–Crippen LogP) is 5.07. The molecule has 84 valence electrons. The fourth-order valence-electron chi connectivity index (χ4n) is 2.21. The molecule has 0 aliphatic heterocycles. The third-order valence-corrected chi connectivity index (χ3v) is 3.43. The predicted molar refractivity (Wildman–Crippen MR) is 68.7 cm³/mol. The minimum atomic E-state index is 0.860. The minimum absolute atomic E-state index is 0.860. The van der Waals surface area contributed by atoms with Gasteiger partial charge in [-0.2, -0.15) is 0 Å². The molecule has 0 spiro atoms. The molecule has 1 aliphatic carbocycles. The SMILES string of the molecule is CC(C)=CCC[C+](C)[C@@H]1CC=C(C)CC1. The molecule has 1 atom stereocenters. The van der Waals surface area contributed by atoms with Crippen molar-refractivity contribution in [1.82, 2.24) is 0 Å². The summed E-state index contributed by atoms with van der Waals surface area (Å²) in [5, 5.41) is 0. The molecule has 0 nitrogen and oxygen atoms in total. The highest BCUT2D eigenvalue weighted by Gasteiger charge is 2.27. The van der Waals surface area contributed by atoms with Gasteiger partial charge in [0, 0.05) is 12.8 Å². The molecular weight excluding hydrogens is 180 g/mol. The molecule has 0 saturated heterocycles. The molecule has 0 unspecified atom stereocenters. The Balaban J connectivity index is 2.29. The average molecular weight is 205 g/mol. The van der Waals surface area contributed by atoms with Gasteiger partial charge in [-0.25, -0.2) is 0 Å². The second kappa shape index (κ2) is 6.05. The lowest BCUT2D eigenvalue weighted by atomic mass is 9.80. The third kappa shape index (κ3) is 4.59. The first-order valence-electron chi connectivity index (χ1n) is 6.21. The zero-order valence-corrected chi connectivity index (χ0v) is 10.8. The van der Waals surface area contributed by atoms with Crippen LogP contribution in [0.2, 0.25) is 0 Å². The van der Waals surface area contributed by atoms with Crippen LogP contribution >= 0.6 is 0 Å². The third-order valence-electron chi connectivity index (χ3n) is 3.43. The molecule has 1 aliphatic rings. The Morgan fingerprint density at radius 2 is 2.27 bits per heavy atom. The number of allylic oxidation sites excluding steroid dienone is 4. The number of rotatable bonds is 4. The van der Waals surface area contributed by atoms with Crippen molar-refractivity contribution in [3.63, 3.8) is 0 Å². The Morgan fingerprint density at radius 3 is 2.80 bits per heavy atom. The van der Waals surface area contributed by atoms with E-state index in [9.17, 15) is 0 Å². The van der Waals surface area contributed by atoms with Gasteiger partial charge in [0.2, 0.25) is 0 Å². The second-order valence-corrected chi connectivity index (χ2v) is 5.19. The molecule has 0 amide bonds. The van der Waals surface area contributed by atoms with E-state index in [0.29, 0.717) is 0 Å². The van der Waals surface area contributed by atoms with Crippen LogP contribution in [0.5, 0.6) is 0 Å². The van der Waals surface area contributed by atoms with Crippen molar-refractivity contribution in [2.45, 2.75) is 59.8 Å². The Hall–Kier alpha value is -0.650. The lowest BCUT2D eigenvalue weighted by Gasteiger charge is -2.18. The van der Waals surface area contributed by atoms with Crippen LogP contribution < -0.4 is 0 Å². The maximum absolute atomic E-state index is 2.43. The van der Waals surface area contributed by atoms with E-state index in [2.05, 4.69) is 39.8 Å². The molecule has 0 N–H and O–H groups in total. The van der Waals surface area contributed by atoms with Crippen LogP contribution in [0.3, 0.4) is 0 Å². The molecule has 0 radical (unpaired) electrons. The average Bonchev–Trinajstić information content (AvgIpc) is 2.18. The standard InChI is InChI=1S/C15H25/c1-12(2)6-5-7-14(4)15-10-8-13(3)9-11-15/h6,8,15H,5,7,9-11H2,1-4H3/q+1/t15-/m1/s1. The van der Waals surface area contributed by atoms with E-state index in [-0.39, 0.29) is 0 Å². The largest absolute Gasteiger partial charge is 0.104 e. The summed E-state index contributed by atoms with van der Waals surface area (Å²) >= 11 is 0. The number of hydrogen-bond acceptors (Lipinski definition) is 0. The van der Waals surface area contributed by atoms with E-state index < -0.39 is 0 Å². The van der Waals surface area contributed by atoms with E-state index >= 15 is 0 Å². The van der Waals surface area contributed by atoms with E-state index in [1.54, 1.807) is 11.5 Å². The summed E-state index contributed by atoms with van der Waals surface area (Å²) in [5.74, 6) is 2.57. The monoisotopic (exact) mass is 205 g/mol. The lowest BCUT2D eigenvalue weighted by molar-refractivity contribution is 0.463. The van der Waals surface area contributed by atoms with Crippen molar-refractivity contribution >= 4 is 0 Å². The van der Waals surface area contributed by atoms with E-state index in [4.69, 9.17) is 0 Å². The molecule has 0 aromatic rings. The van der Waals surface area contributed by atoms with Crippen LogP contribution in [0.15, 0.2) is 23.3 Å². The zero-order valence-electron chi connectivity index (χ0n) is 10.8. The van der Waals surface area contributed by atoms with E-state index in [1.807, 2.05) is 0 Å². The highest BCUT2D eigenvalue weighted by molar-refractivity contribution is 5.08. The number of hydrogen-bond donors (Lipinski definition) is 0. The van der Waals surface area contributed by atoms with Gasteiger partial charge in [-0.3, -0.25) is 0 Å². The van der Waals surface area contributed by atoms with Crippen molar-refractivity contribution in [3.8, 4) is 0 Å². The van der Waals surface area contributed by atoms with Crippen LogP contribution in [0.1, 0.15) is 59.8 Å². The zero-order chi connectivity index (χ0) is 11.3. The summed E-state index contributed by atoms with van der Waals surface area (Å²) in [6.45, 7) is 8.97. The Bertz CT molecular complexity index is 241. The molecule has 0 saturated carbocycles. The van der Waals surface area contributed by atoms with Crippen LogP contribution in [0.25, 0.3) is 0 Å². The summed E-state index contributed by atoms with van der Waals surface area (Å²) in [6.07, 6.45) is 11.3. The van der Waals surface area contributed by atoms with Crippen molar-refractivity contribution in [2.24, 2.45) is 5.92 Å².